The maximum atomic E-state index is 13.2. The van der Waals surface area contributed by atoms with Crippen LogP contribution in [0.2, 0.25) is 0 Å². The first kappa shape index (κ1) is 13.8. The second-order valence-electron chi connectivity index (χ2n) is 5.17. The lowest BCUT2D eigenvalue weighted by Gasteiger charge is -2.35. The Hall–Kier alpha value is -0.610. The number of hydrogen-bond donors (Lipinski definition) is 1. The molecule has 100 valence electrons. The van der Waals surface area contributed by atoms with Crippen molar-refractivity contribution < 1.29 is 4.39 Å². The molecule has 1 fully saturated rings. The molecule has 18 heavy (non-hydrogen) atoms. The maximum absolute atomic E-state index is 13.2. The number of hydrogen-bond acceptors (Lipinski definition) is 2. The van der Waals surface area contributed by atoms with Gasteiger partial charge in [0.05, 0.1) is 5.69 Å². The van der Waals surface area contributed by atoms with Crippen molar-refractivity contribution in [2.75, 3.05) is 18.4 Å². The van der Waals surface area contributed by atoms with Crippen LogP contribution in [0.25, 0.3) is 0 Å². The Labute approximate surface area is 117 Å². The zero-order valence-corrected chi connectivity index (χ0v) is 12.5. The van der Waals surface area contributed by atoms with Crippen molar-refractivity contribution in [1.29, 1.82) is 0 Å². The summed E-state index contributed by atoms with van der Waals surface area (Å²) in [6, 6.07) is 5.83. The van der Waals surface area contributed by atoms with Crippen molar-refractivity contribution in [2.45, 2.75) is 38.8 Å². The van der Waals surface area contributed by atoms with Gasteiger partial charge in [-0.2, -0.15) is 0 Å². The summed E-state index contributed by atoms with van der Waals surface area (Å²) in [5, 5.41) is 3.44. The zero-order chi connectivity index (χ0) is 13.1. The van der Waals surface area contributed by atoms with Crippen LogP contribution in [-0.4, -0.2) is 30.1 Å². The van der Waals surface area contributed by atoms with Gasteiger partial charge in [0.15, 0.2) is 0 Å². The lowest BCUT2D eigenvalue weighted by atomic mass is 10.0. The van der Waals surface area contributed by atoms with Crippen LogP contribution in [0.4, 0.5) is 10.1 Å². The molecule has 2 rings (SSSR count). The molecular formula is C14H20BrFN2. The number of nitrogens with zero attached hydrogens (tertiary/aromatic N) is 1. The number of benzene rings is 1. The van der Waals surface area contributed by atoms with E-state index in [1.807, 2.05) is 0 Å². The fraction of sp³-hybridized carbons (Fsp3) is 0.571. The van der Waals surface area contributed by atoms with E-state index >= 15 is 0 Å². The molecule has 1 saturated heterocycles. The Balaban J connectivity index is 1.93. The van der Waals surface area contributed by atoms with Crippen molar-refractivity contribution in [3.63, 3.8) is 0 Å². The third kappa shape index (κ3) is 3.45. The van der Waals surface area contributed by atoms with Crippen LogP contribution in [0.3, 0.4) is 0 Å². The quantitative estimate of drug-likeness (QED) is 0.911. The van der Waals surface area contributed by atoms with Gasteiger partial charge in [0.2, 0.25) is 0 Å². The minimum absolute atomic E-state index is 0.194. The van der Waals surface area contributed by atoms with E-state index in [0.29, 0.717) is 12.1 Å². The molecule has 2 nitrogen and oxygen atoms in total. The molecular weight excluding hydrogens is 295 g/mol. The molecule has 1 aliphatic heterocycles. The van der Waals surface area contributed by atoms with Crippen LogP contribution in [0.15, 0.2) is 22.7 Å². The van der Waals surface area contributed by atoms with Gasteiger partial charge in [0.1, 0.15) is 5.82 Å². The SMILES string of the molecule is CC(C)N1CCC(Nc2cc(F)ccc2Br)CC1. The average molecular weight is 315 g/mol. The number of likely N-dealkylation sites (tertiary alicyclic amines) is 1. The molecule has 1 aromatic carbocycles. The van der Waals surface area contributed by atoms with Crippen LogP contribution in [0, 0.1) is 5.82 Å². The van der Waals surface area contributed by atoms with Crippen LogP contribution < -0.4 is 5.32 Å². The third-order valence-electron chi connectivity index (χ3n) is 3.55. The number of piperidine rings is 1. The molecule has 0 radical (unpaired) electrons. The lowest BCUT2D eigenvalue weighted by Crippen LogP contribution is -2.42. The number of nitrogens with one attached hydrogen (secondary N) is 1. The minimum Gasteiger partial charge on any atom is -0.381 e. The maximum Gasteiger partial charge on any atom is 0.125 e. The van der Waals surface area contributed by atoms with Crippen LogP contribution >= 0.6 is 15.9 Å². The lowest BCUT2D eigenvalue weighted by molar-refractivity contribution is 0.177. The third-order valence-corrected chi connectivity index (χ3v) is 4.24. The first-order valence-corrected chi connectivity index (χ1v) is 7.31. The summed E-state index contributed by atoms with van der Waals surface area (Å²) in [4.78, 5) is 2.48. The minimum atomic E-state index is -0.194. The average Bonchev–Trinajstić information content (AvgIpc) is 2.34. The van der Waals surface area contributed by atoms with Crippen LogP contribution in [0.5, 0.6) is 0 Å². The van der Waals surface area contributed by atoms with Gasteiger partial charge in [-0.25, -0.2) is 4.39 Å². The molecule has 0 aromatic heterocycles. The Kier molecular flexibility index (Phi) is 4.62. The van der Waals surface area contributed by atoms with Crippen molar-refractivity contribution in [1.82, 2.24) is 4.90 Å². The van der Waals surface area contributed by atoms with Gasteiger partial charge in [-0.1, -0.05) is 0 Å². The van der Waals surface area contributed by atoms with Crippen LogP contribution in [0.1, 0.15) is 26.7 Å². The van der Waals surface area contributed by atoms with Gasteiger partial charge in [0, 0.05) is 29.6 Å². The summed E-state index contributed by atoms with van der Waals surface area (Å²) < 4.78 is 14.1. The van der Waals surface area contributed by atoms with E-state index in [-0.39, 0.29) is 5.82 Å². The summed E-state index contributed by atoms with van der Waals surface area (Å²) in [7, 11) is 0. The van der Waals surface area contributed by atoms with E-state index in [1.54, 1.807) is 12.1 Å². The fourth-order valence-electron chi connectivity index (χ4n) is 2.39. The Bertz CT molecular complexity index is 401. The largest absolute Gasteiger partial charge is 0.381 e. The van der Waals surface area contributed by atoms with Gasteiger partial charge in [-0.3, -0.25) is 0 Å². The molecule has 0 aliphatic carbocycles. The summed E-state index contributed by atoms with van der Waals surface area (Å²) in [6.07, 6.45) is 2.22. The molecule has 1 heterocycles. The topological polar surface area (TPSA) is 15.3 Å². The Morgan fingerprint density at radius 3 is 2.61 bits per heavy atom. The van der Waals surface area contributed by atoms with E-state index in [0.717, 1.165) is 36.1 Å². The van der Waals surface area contributed by atoms with E-state index in [9.17, 15) is 4.39 Å². The van der Waals surface area contributed by atoms with Gasteiger partial charge in [-0.05, 0) is 60.8 Å². The van der Waals surface area contributed by atoms with E-state index in [4.69, 9.17) is 0 Å². The van der Waals surface area contributed by atoms with Gasteiger partial charge in [-0.15, -0.1) is 0 Å². The van der Waals surface area contributed by atoms with Crippen molar-refractivity contribution in [3.05, 3.63) is 28.5 Å². The highest BCUT2D eigenvalue weighted by atomic mass is 79.9. The molecule has 1 N–H and O–H groups in total. The smallest absolute Gasteiger partial charge is 0.125 e. The molecule has 0 unspecified atom stereocenters. The highest BCUT2D eigenvalue weighted by Crippen LogP contribution is 2.26. The molecule has 0 spiro atoms. The Morgan fingerprint density at radius 2 is 2.00 bits per heavy atom. The summed E-state index contributed by atoms with van der Waals surface area (Å²) in [6.45, 7) is 6.69. The number of anilines is 1. The molecule has 0 atom stereocenters. The number of halogens is 2. The predicted molar refractivity (Wildman–Crippen MR) is 77.5 cm³/mol. The van der Waals surface area contributed by atoms with Crippen LogP contribution in [-0.2, 0) is 0 Å². The van der Waals surface area contributed by atoms with Gasteiger partial charge < -0.3 is 10.2 Å². The second kappa shape index (κ2) is 6.02. The zero-order valence-electron chi connectivity index (χ0n) is 10.9. The predicted octanol–water partition coefficient (Wildman–Crippen LogP) is 3.87. The molecule has 0 bridgehead atoms. The summed E-state index contributed by atoms with van der Waals surface area (Å²) >= 11 is 3.45. The highest BCUT2D eigenvalue weighted by molar-refractivity contribution is 9.10. The van der Waals surface area contributed by atoms with Crippen molar-refractivity contribution in [2.24, 2.45) is 0 Å². The molecule has 4 heteroatoms. The second-order valence-corrected chi connectivity index (χ2v) is 6.03. The van der Waals surface area contributed by atoms with Gasteiger partial charge >= 0.3 is 0 Å². The molecule has 0 amide bonds. The molecule has 0 saturated carbocycles. The molecule has 1 aliphatic rings. The summed E-state index contributed by atoms with van der Waals surface area (Å²) in [5.41, 5.74) is 0.859. The number of rotatable bonds is 3. The van der Waals surface area contributed by atoms with Crippen molar-refractivity contribution >= 4 is 21.6 Å². The fourth-order valence-corrected chi connectivity index (χ4v) is 2.75. The van der Waals surface area contributed by atoms with E-state index in [2.05, 4.69) is 40.0 Å². The molecule has 1 aromatic rings. The van der Waals surface area contributed by atoms with E-state index in [1.165, 1.54) is 6.07 Å². The normalized spacial score (nSPS) is 18.3. The highest BCUT2D eigenvalue weighted by Gasteiger charge is 2.21. The first-order chi connectivity index (χ1) is 8.56. The van der Waals surface area contributed by atoms with Gasteiger partial charge in [0.25, 0.3) is 0 Å². The first-order valence-electron chi connectivity index (χ1n) is 6.52. The van der Waals surface area contributed by atoms with Crippen molar-refractivity contribution in [3.8, 4) is 0 Å². The standard InChI is InChI=1S/C14H20BrFN2/c1-10(2)18-7-5-12(6-8-18)17-14-9-11(16)3-4-13(14)15/h3-4,9-10,12,17H,5-8H2,1-2H3. The van der Waals surface area contributed by atoms with E-state index < -0.39 is 0 Å². The monoisotopic (exact) mass is 314 g/mol. The summed E-state index contributed by atoms with van der Waals surface area (Å²) in [5.74, 6) is -0.194. The Morgan fingerprint density at radius 1 is 1.33 bits per heavy atom.